The molecule has 1 aromatic heterocycles. The van der Waals surface area contributed by atoms with Gasteiger partial charge in [-0.05, 0) is 22.4 Å². The summed E-state index contributed by atoms with van der Waals surface area (Å²) in [5.74, 6) is 0.831. The molecular formula is C11H16BrN3O3. The molecule has 0 atom stereocenters. The summed E-state index contributed by atoms with van der Waals surface area (Å²) < 4.78 is 10.4. The highest BCUT2D eigenvalue weighted by molar-refractivity contribution is 9.10. The Bertz CT molecular complexity index is 415. The van der Waals surface area contributed by atoms with E-state index in [-0.39, 0.29) is 5.97 Å². The van der Waals surface area contributed by atoms with E-state index in [0.29, 0.717) is 35.7 Å². The molecule has 0 aromatic carbocycles. The smallest absolute Gasteiger partial charge is 0.305 e. The Morgan fingerprint density at radius 1 is 1.50 bits per heavy atom. The number of carbonyl (C=O) groups is 1. The molecule has 0 aliphatic rings. The lowest BCUT2D eigenvalue weighted by Crippen LogP contribution is -2.22. The van der Waals surface area contributed by atoms with Crippen LogP contribution in [0, 0.1) is 0 Å². The second-order valence-corrected chi connectivity index (χ2v) is 4.48. The van der Waals surface area contributed by atoms with Gasteiger partial charge in [0.2, 0.25) is 11.8 Å². The maximum Gasteiger partial charge on any atom is 0.305 e. The van der Waals surface area contributed by atoms with E-state index >= 15 is 0 Å². The van der Waals surface area contributed by atoms with Crippen LogP contribution < -0.4 is 9.64 Å². The van der Waals surface area contributed by atoms with Crippen molar-refractivity contribution in [2.24, 2.45) is 0 Å². The SMILES string of the molecule is COC(=O)CCCN(C)c1ncc(Br)c(OC)n1. The predicted molar refractivity (Wildman–Crippen MR) is 70.8 cm³/mol. The molecule has 0 radical (unpaired) electrons. The third kappa shape index (κ3) is 4.14. The second kappa shape index (κ2) is 7.15. The lowest BCUT2D eigenvalue weighted by Gasteiger charge is -2.17. The number of halogens is 1. The van der Waals surface area contributed by atoms with Crippen LogP contribution in [0.4, 0.5) is 5.95 Å². The Labute approximate surface area is 114 Å². The van der Waals surface area contributed by atoms with E-state index in [2.05, 4.69) is 30.6 Å². The van der Waals surface area contributed by atoms with Gasteiger partial charge in [-0.3, -0.25) is 4.79 Å². The first-order valence-electron chi connectivity index (χ1n) is 5.43. The van der Waals surface area contributed by atoms with E-state index in [1.54, 1.807) is 13.3 Å². The molecule has 0 N–H and O–H groups in total. The van der Waals surface area contributed by atoms with Crippen LogP contribution in [0.25, 0.3) is 0 Å². The van der Waals surface area contributed by atoms with Crippen LogP contribution in [0.1, 0.15) is 12.8 Å². The van der Waals surface area contributed by atoms with Gasteiger partial charge in [0.15, 0.2) is 0 Å². The van der Waals surface area contributed by atoms with Gasteiger partial charge < -0.3 is 14.4 Å². The Balaban J connectivity index is 2.56. The van der Waals surface area contributed by atoms with Crippen molar-refractivity contribution < 1.29 is 14.3 Å². The normalized spacial score (nSPS) is 10.0. The van der Waals surface area contributed by atoms with Crippen LogP contribution in [0.3, 0.4) is 0 Å². The van der Waals surface area contributed by atoms with Gasteiger partial charge in [0.1, 0.15) is 0 Å². The maximum atomic E-state index is 11.0. The molecule has 0 bridgehead atoms. The number of hydrogen-bond donors (Lipinski definition) is 0. The monoisotopic (exact) mass is 317 g/mol. The van der Waals surface area contributed by atoms with Crippen molar-refractivity contribution in [3.63, 3.8) is 0 Å². The first-order chi connectivity index (χ1) is 8.58. The van der Waals surface area contributed by atoms with Crippen molar-refractivity contribution in [2.75, 3.05) is 32.7 Å². The maximum absolute atomic E-state index is 11.0. The fraction of sp³-hybridized carbons (Fsp3) is 0.545. The highest BCUT2D eigenvalue weighted by Gasteiger charge is 2.09. The Morgan fingerprint density at radius 3 is 2.83 bits per heavy atom. The van der Waals surface area contributed by atoms with E-state index in [1.165, 1.54) is 7.11 Å². The number of aromatic nitrogens is 2. The van der Waals surface area contributed by atoms with E-state index < -0.39 is 0 Å². The molecule has 0 amide bonds. The van der Waals surface area contributed by atoms with Crippen molar-refractivity contribution in [1.29, 1.82) is 0 Å². The molecule has 0 aliphatic heterocycles. The first kappa shape index (κ1) is 14.7. The molecule has 1 aromatic rings. The minimum atomic E-state index is -0.210. The highest BCUT2D eigenvalue weighted by atomic mass is 79.9. The number of carbonyl (C=O) groups excluding carboxylic acids is 1. The number of hydrogen-bond acceptors (Lipinski definition) is 6. The first-order valence-corrected chi connectivity index (χ1v) is 6.22. The predicted octanol–water partition coefficient (Wildman–Crippen LogP) is 1.64. The lowest BCUT2D eigenvalue weighted by atomic mass is 10.3. The summed E-state index contributed by atoms with van der Waals surface area (Å²) in [4.78, 5) is 21.3. The summed E-state index contributed by atoms with van der Waals surface area (Å²) >= 11 is 3.29. The van der Waals surface area contributed by atoms with E-state index in [4.69, 9.17) is 4.74 Å². The van der Waals surface area contributed by atoms with Crippen molar-refractivity contribution >= 4 is 27.8 Å². The summed E-state index contributed by atoms with van der Waals surface area (Å²) in [7, 11) is 4.79. The standard InChI is InChI=1S/C11H16BrN3O3/c1-15(6-4-5-9(16)17-2)11-13-7-8(12)10(14-11)18-3/h7H,4-6H2,1-3H3. The van der Waals surface area contributed by atoms with Crippen LogP contribution in [0.5, 0.6) is 5.88 Å². The zero-order chi connectivity index (χ0) is 13.5. The fourth-order valence-corrected chi connectivity index (χ4v) is 1.69. The average Bonchev–Trinajstić information content (AvgIpc) is 2.38. The van der Waals surface area contributed by atoms with Gasteiger partial charge in [0.05, 0.1) is 24.9 Å². The van der Waals surface area contributed by atoms with Gasteiger partial charge in [0, 0.05) is 20.0 Å². The molecule has 6 nitrogen and oxygen atoms in total. The molecular weight excluding hydrogens is 302 g/mol. The van der Waals surface area contributed by atoms with Crippen molar-refractivity contribution in [3.05, 3.63) is 10.7 Å². The summed E-state index contributed by atoms with van der Waals surface area (Å²) in [6, 6.07) is 0. The van der Waals surface area contributed by atoms with Gasteiger partial charge >= 0.3 is 5.97 Å². The molecule has 100 valence electrons. The summed E-state index contributed by atoms with van der Waals surface area (Å²) in [6.07, 6.45) is 2.71. The third-order valence-electron chi connectivity index (χ3n) is 2.34. The van der Waals surface area contributed by atoms with Gasteiger partial charge in [-0.25, -0.2) is 4.98 Å². The molecule has 0 saturated carbocycles. The second-order valence-electron chi connectivity index (χ2n) is 3.63. The molecule has 0 spiro atoms. The molecule has 7 heteroatoms. The number of esters is 1. The van der Waals surface area contributed by atoms with Crippen molar-refractivity contribution in [2.45, 2.75) is 12.8 Å². The van der Waals surface area contributed by atoms with Crippen molar-refractivity contribution in [1.82, 2.24) is 9.97 Å². The van der Waals surface area contributed by atoms with Crippen LogP contribution in [0.15, 0.2) is 10.7 Å². The molecule has 1 rings (SSSR count). The van der Waals surface area contributed by atoms with Crippen molar-refractivity contribution in [3.8, 4) is 5.88 Å². The zero-order valence-electron chi connectivity index (χ0n) is 10.6. The van der Waals surface area contributed by atoms with E-state index in [0.717, 1.165) is 0 Å². The summed E-state index contributed by atoms with van der Waals surface area (Å²) in [6.45, 7) is 0.667. The van der Waals surface area contributed by atoms with Gasteiger partial charge in [0.25, 0.3) is 0 Å². The lowest BCUT2D eigenvalue weighted by molar-refractivity contribution is -0.140. The highest BCUT2D eigenvalue weighted by Crippen LogP contribution is 2.22. The molecule has 0 fully saturated rings. The summed E-state index contributed by atoms with van der Waals surface area (Å²) in [5, 5.41) is 0. The number of methoxy groups -OCH3 is 2. The summed E-state index contributed by atoms with van der Waals surface area (Å²) in [5.41, 5.74) is 0. The van der Waals surface area contributed by atoms with Gasteiger partial charge in [-0.2, -0.15) is 4.98 Å². The third-order valence-corrected chi connectivity index (χ3v) is 2.88. The van der Waals surface area contributed by atoms with Crippen LogP contribution in [-0.2, 0) is 9.53 Å². The average molecular weight is 318 g/mol. The van der Waals surface area contributed by atoms with Crippen LogP contribution in [-0.4, -0.2) is 43.7 Å². The number of rotatable bonds is 6. The van der Waals surface area contributed by atoms with E-state index in [1.807, 2.05) is 11.9 Å². The minimum Gasteiger partial charge on any atom is -0.480 e. The Kier molecular flexibility index (Phi) is 5.84. The van der Waals surface area contributed by atoms with Crippen LogP contribution in [0.2, 0.25) is 0 Å². The number of anilines is 1. The molecule has 0 aliphatic carbocycles. The quantitative estimate of drug-likeness (QED) is 0.743. The Morgan fingerprint density at radius 2 is 2.22 bits per heavy atom. The van der Waals surface area contributed by atoms with Gasteiger partial charge in [-0.15, -0.1) is 0 Å². The Hall–Kier alpha value is -1.37. The van der Waals surface area contributed by atoms with Crippen LogP contribution >= 0.6 is 15.9 Å². The molecule has 18 heavy (non-hydrogen) atoms. The molecule has 1 heterocycles. The molecule has 0 unspecified atom stereocenters. The fourth-order valence-electron chi connectivity index (χ4n) is 1.33. The van der Waals surface area contributed by atoms with Gasteiger partial charge in [-0.1, -0.05) is 0 Å². The number of nitrogens with zero attached hydrogens (tertiary/aromatic N) is 3. The largest absolute Gasteiger partial charge is 0.480 e. The molecule has 0 saturated heterocycles. The minimum absolute atomic E-state index is 0.210. The zero-order valence-corrected chi connectivity index (χ0v) is 12.2. The number of ether oxygens (including phenoxy) is 2. The van der Waals surface area contributed by atoms with E-state index in [9.17, 15) is 4.79 Å². The topological polar surface area (TPSA) is 64.5 Å².